The number of anilines is 2. The molecule has 2 N–H and O–H groups in total. The summed E-state index contributed by atoms with van der Waals surface area (Å²) in [5, 5.41) is 9.33. The third-order valence-electron chi connectivity index (χ3n) is 4.70. The number of benzene rings is 1. The van der Waals surface area contributed by atoms with Crippen LogP contribution < -0.4 is 10.6 Å². The molecule has 2 atom stereocenters. The van der Waals surface area contributed by atoms with Gasteiger partial charge in [0.25, 0.3) is 5.91 Å². The van der Waals surface area contributed by atoms with Gasteiger partial charge in [0.1, 0.15) is 11.6 Å². The fraction of sp³-hybridized carbons (Fsp3) is 0.211. The quantitative estimate of drug-likeness (QED) is 0.446. The van der Waals surface area contributed by atoms with Crippen LogP contribution in [0.1, 0.15) is 34.6 Å². The van der Waals surface area contributed by atoms with E-state index in [1.165, 1.54) is 42.6 Å². The molecule has 3 aromatic rings. The summed E-state index contributed by atoms with van der Waals surface area (Å²) in [6, 6.07) is 6.81. The SMILES string of the molecule is O=C(Nc1cccnc1Cl)c1cc2n(n1)[C@@H](C(F)(F)F)C[C@H](c1ccc(F)cc1)N2. The van der Waals surface area contributed by atoms with Gasteiger partial charge in [0, 0.05) is 18.7 Å². The number of amides is 1. The first kappa shape index (κ1) is 20.1. The average Bonchev–Trinajstić information content (AvgIpc) is 3.13. The fourth-order valence-corrected chi connectivity index (χ4v) is 3.43. The van der Waals surface area contributed by atoms with Crippen molar-refractivity contribution in [3.8, 4) is 0 Å². The molecule has 1 amide bonds. The molecule has 0 saturated carbocycles. The Kier molecular flexibility index (Phi) is 5.10. The number of aromatic nitrogens is 3. The largest absolute Gasteiger partial charge is 0.410 e. The molecule has 0 bridgehead atoms. The molecule has 0 spiro atoms. The Morgan fingerprint density at radius 2 is 1.97 bits per heavy atom. The van der Waals surface area contributed by atoms with Crippen molar-refractivity contribution in [3.63, 3.8) is 0 Å². The number of carbonyl (C=O) groups is 1. The molecule has 0 fully saturated rings. The summed E-state index contributed by atoms with van der Waals surface area (Å²) in [5.41, 5.74) is 0.484. The van der Waals surface area contributed by atoms with Gasteiger partial charge in [0.05, 0.1) is 11.7 Å². The first-order chi connectivity index (χ1) is 14.2. The van der Waals surface area contributed by atoms with Gasteiger partial charge in [0.15, 0.2) is 16.9 Å². The molecule has 0 saturated heterocycles. The highest BCUT2D eigenvalue weighted by Crippen LogP contribution is 2.43. The van der Waals surface area contributed by atoms with Crippen molar-refractivity contribution in [2.45, 2.75) is 24.7 Å². The smallest absolute Gasteiger partial charge is 0.363 e. The summed E-state index contributed by atoms with van der Waals surface area (Å²) in [6.07, 6.45) is -3.53. The second-order valence-corrected chi connectivity index (χ2v) is 7.05. The highest BCUT2D eigenvalue weighted by atomic mass is 35.5. The van der Waals surface area contributed by atoms with Crippen LogP contribution in [0.15, 0.2) is 48.7 Å². The molecule has 1 aliphatic rings. The minimum atomic E-state index is -4.60. The normalized spacial score (nSPS) is 18.4. The van der Waals surface area contributed by atoms with E-state index in [1.54, 1.807) is 6.07 Å². The fourth-order valence-electron chi connectivity index (χ4n) is 3.26. The van der Waals surface area contributed by atoms with Crippen LogP contribution in [0.2, 0.25) is 5.15 Å². The topological polar surface area (TPSA) is 71.8 Å². The minimum Gasteiger partial charge on any atom is -0.363 e. The summed E-state index contributed by atoms with van der Waals surface area (Å²) in [6.45, 7) is 0. The summed E-state index contributed by atoms with van der Waals surface area (Å²) in [4.78, 5) is 16.3. The zero-order valence-corrected chi connectivity index (χ0v) is 15.9. The highest BCUT2D eigenvalue weighted by Gasteiger charge is 2.46. The molecule has 2 aromatic heterocycles. The predicted octanol–water partition coefficient (Wildman–Crippen LogP) is 4.98. The number of nitrogens with one attached hydrogen (secondary N) is 2. The van der Waals surface area contributed by atoms with Crippen LogP contribution in [-0.4, -0.2) is 26.8 Å². The summed E-state index contributed by atoms with van der Waals surface area (Å²) >= 11 is 5.90. The van der Waals surface area contributed by atoms with E-state index in [9.17, 15) is 22.4 Å². The van der Waals surface area contributed by atoms with Gasteiger partial charge in [-0.15, -0.1) is 0 Å². The lowest BCUT2D eigenvalue weighted by atomic mass is 9.97. The molecule has 1 aliphatic heterocycles. The van der Waals surface area contributed by atoms with Crippen molar-refractivity contribution in [2.75, 3.05) is 10.6 Å². The maximum absolute atomic E-state index is 13.7. The van der Waals surface area contributed by atoms with Crippen LogP contribution in [-0.2, 0) is 0 Å². The standard InChI is InChI=1S/C19H14ClF4N5O/c20-17-12(2-1-7-25-17)27-18(30)14-9-16-26-13(10-3-5-11(21)6-4-10)8-15(19(22,23)24)29(16)28-14/h1-7,9,13,15,26H,8H2,(H,27,30)/t13-,15-/m1/s1. The molecular formula is C19H14ClF4N5O. The van der Waals surface area contributed by atoms with Gasteiger partial charge in [-0.2, -0.15) is 18.3 Å². The number of hydrogen-bond donors (Lipinski definition) is 2. The molecule has 156 valence electrons. The van der Waals surface area contributed by atoms with E-state index in [0.717, 1.165) is 4.68 Å². The van der Waals surface area contributed by atoms with Gasteiger partial charge >= 0.3 is 6.18 Å². The maximum Gasteiger partial charge on any atom is 0.410 e. The number of hydrogen-bond acceptors (Lipinski definition) is 4. The zero-order valence-electron chi connectivity index (χ0n) is 15.1. The number of fused-ring (bicyclic) bond motifs is 1. The van der Waals surface area contributed by atoms with E-state index >= 15 is 0 Å². The Morgan fingerprint density at radius 1 is 1.23 bits per heavy atom. The van der Waals surface area contributed by atoms with E-state index in [1.807, 2.05) is 0 Å². The van der Waals surface area contributed by atoms with Crippen molar-refractivity contribution in [2.24, 2.45) is 0 Å². The lowest BCUT2D eigenvalue weighted by molar-refractivity contribution is -0.173. The summed E-state index contributed by atoms with van der Waals surface area (Å²) < 4.78 is 55.1. The molecule has 30 heavy (non-hydrogen) atoms. The Morgan fingerprint density at radius 3 is 2.63 bits per heavy atom. The molecule has 6 nitrogen and oxygen atoms in total. The number of pyridine rings is 1. The van der Waals surface area contributed by atoms with Gasteiger partial charge in [-0.25, -0.2) is 14.1 Å². The average molecular weight is 440 g/mol. The third kappa shape index (κ3) is 3.95. The number of alkyl halides is 3. The van der Waals surface area contributed by atoms with E-state index < -0.39 is 30.0 Å². The molecule has 1 aromatic carbocycles. The molecule has 0 aliphatic carbocycles. The second-order valence-electron chi connectivity index (χ2n) is 6.70. The van der Waals surface area contributed by atoms with Crippen LogP contribution in [0.4, 0.5) is 29.1 Å². The highest BCUT2D eigenvalue weighted by molar-refractivity contribution is 6.32. The number of rotatable bonds is 3. The lowest BCUT2D eigenvalue weighted by Gasteiger charge is -2.33. The van der Waals surface area contributed by atoms with Gasteiger partial charge < -0.3 is 10.6 Å². The van der Waals surface area contributed by atoms with Gasteiger partial charge in [-0.3, -0.25) is 4.79 Å². The van der Waals surface area contributed by atoms with Crippen LogP contribution in [0.5, 0.6) is 0 Å². The molecule has 3 heterocycles. The van der Waals surface area contributed by atoms with E-state index in [2.05, 4.69) is 20.7 Å². The first-order valence-electron chi connectivity index (χ1n) is 8.82. The first-order valence-corrected chi connectivity index (χ1v) is 9.20. The van der Waals surface area contributed by atoms with Crippen molar-refractivity contribution in [1.29, 1.82) is 0 Å². The molecular weight excluding hydrogens is 426 g/mol. The minimum absolute atomic E-state index is 0.0281. The maximum atomic E-state index is 13.7. The van der Waals surface area contributed by atoms with Crippen LogP contribution in [0.3, 0.4) is 0 Å². The van der Waals surface area contributed by atoms with Gasteiger partial charge in [0.2, 0.25) is 0 Å². The van der Waals surface area contributed by atoms with E-state index in [4.69, 9.17) is 11.6 Å². The third-order valence-corrected chi connectivity index (χ3v) is 5.00. The zero-order chi connectivity index (χ0) is 21.5. The molecule has 0 unspecified atom stereocenters. The second kappa shape index (κ2) is 7.60. The van der Waals surface area contributed by atoms with E-state index in [-0.39, 0.29) is 28.8 Å². The Bertz CT molecular complexity index is 1080. The summed E-state index contributed by atoms with van der Waals surface area (Å²) in [5.74, 6) is -1.19. The molecule has 4 rings (SSSR count). The van der Waals surface area contributed by atoms with Gasteiger partial charge in [-0.1, -0.05) is 23.7 Å². The Hall–Kier alpha value is -3.14. The summed E-state index contributed by atoms with van der Waals surface area (Å²) in [7, 11) is 0. The molecule has 11 heteroatoms. The predicted molar refractivity (Wildman–Crippen MR) is 102 cm³/mol. The Balaban J connectivity index is 1.65. The Labute approximate surface area is 172 Å². The van der Waals surface area contributed by atoms with Crippen LogP contribution in [0, 0.1) is 5.82 Å². The van der Waals surface area contributed by atoms with Crippen LogP contribution in [0.25, 0.3) is 0 Å². The number of carbonyl (C=O) groups excluding carboxylic acids is 1. The van der Waals surface area contributed by atoms with Crippen LogP contribution >= 0.6 is 11.6 Å². The monoisotopic (exact) mass is 439 g/mol. The number of nitrogens with zero attached hydrogens (tertiary/aromatic N) is 3. The van der Waals surface area contributed by atoms with Crippen molar-refractivity contribution >= 4 is 29.0 Å². The molecule has 0 radical (unpaired) electrons. The lowest BCUT2D eigenvalue weighted by Crippen LogP contribution is -2.35. The van der Waals surface area contributed by atoms with Crippen molar-refractivity contribution in [1.82, 2.24) is 14.8 Å². The number of halogens is 5. The van der Waals surface area contributed by atoms with E-state index in [0.29, 0.717) is 5.56 Å². The van der Waals surface area contributed by atoms with Crippen molar-refractivity contribution in [3.05, 3.63) is 70.9 Å². The van der Waals surface area contributed by atoms with Crippen molar-refractivity contribution < 1.29 is 22.4 Å². The van der Waals surface area contributed by atoms with Gasteiger partial charge in [-0.05, 0) is 29.8 Å².